The van der Waals surface area contributed by atoms with Crippen molar-refractivity contribution in [3.05, 3.63) is 94.7 Å². The molecule has 1 fully saturated rings. The molecular weight excluding hydrogens is 423 g/mol. The third-order valence-corrected chi connectivity index (χ3v) is 7.04. The number of benzene rings is 3. The number of ether oxygens (including phenoxy) is 1. The van der Waals surface area contributed by atoms with Crippen molar-refractivity contribution in [2.45, 2.75) is 25.4 Å². The van der Waals surface area contributed by atoms with E-state index < -0.39 is 0 Å². The van der Waals surface area contributed by atoms with Gasteiger partial charge in [0.25, 0.3) is 5.91 Å². The van der Waals surface area contributed by atoms with Crippen LogP contribution in [-0.4, -0.2) is 28.9 Å². The number of likely N-dealkylation sites (tertiary alicyclic amines) is 1. The molecule has 0 saturated carbocycles. The van der Waals surface area contributed by atoms with Gasteiger partial charge in [0.15, 0.2) is 0 Å². The first-order valence-corrected chi connectivity index (χ1v) is 11.6. The van der Waals surface area contributed by atoms with Crippen LogP contribution in [0.2, 0.25) is 0 Å². The number of nitrogens with zero attached hydrogens (tertiary/aromatic N) is 2. The highest BCUT2D eigenvalue weighted by Gasteiger charge is 2.26. The molecule has 0 unspecified atom stereocenters. The summed E-state index contributed by atoms with van der Waals surface area (Å²) in [6.07, 6.45) is 1.85. The minimum atomic E-state index is -0.270. The molecule has 1 aromatic heterocycles. The summed E-state index contributed by atoms with van der Waals surface area (Å²) >= 11 is 1.76. The van der Waals surface area contributed by atoms with E-state index in [2.05, 4.69) is 12.1 Å². The predicted octanol–water partition coefficient (Wildman–Crippen LogP) is 6.03. The van der Waals surface area contributed by atoms with Crippen LogP contribution in [0.3, 0.4) is 0 Å². The van der Waals surface area contributed by atoms with Crippen molar-refractivity contribution in [2.75, 3.05) is 13.1 Å². The number of thiazole rings is 1. The van der Waals surface area contributed by atoms with Gasteiger partial charge in [0.2, 0.25) is 0 Å². The number of carbonyl (C=O) groups is 1. The van der Waals surface area contributed by atoms with Crippen LogP contribution in [0.5, 0.6) is 5.75 Å². The molecule has 0 radical (unpaired) electrons. The lowest BCUT2D eigenvalue weighted by atomic mass is 9.97. The Kier molecular flexibility index (Phi) is 5.86. The van der Waals surface area contributed by atoms with Crippen molar-refractivity contribution in [1.82, 2.24) is 9.88 Å². The topological polar surface area (TPSA) is 42.4 Å². The van der Waals surface area contributed by atoms with Crippen molar-refractivity contribution < 1.29 is 13.9 Å². The zero-order chi connectivity index (χ0) is 21.9. The Labute approximate surface area is 190 Å². The fourth-order valence-corrected chi connectivity index (χ4v) is 5.18. The van der Waals surface area contributed by atoms with Crippen LogP contribution in [0.1, 0.15) is 39.7 Å². The Hall–Kier alpha value is -3.25. The number of piperidine rings is 1. The van der Waals surface area contributed by atoms with Gasteiger partial charge in [-0.15, -0.1) is 11.3 Å². The number of amides is 1. The van der Waals surface area contributed by atoms with E-state index in [1.54, 1.807) is 29.5 Å². The van der Waals surface area contributed by atoms with Gasteiger partial charge in [-0.2, -0.15) is 0 Å². The van der Waals surface area contributed by atoms with E-state index in [1.165, 1.54) is 21.8 Å². The molecular formula is C26H23FN2O2S. The lowest BCUT2D eigenvalue weighted by Gasteiger charge is -2.31. The van der Waals surface area contributed by atoms with Crippen molar-refractivity contribution in [2.24, 2.45) is 0 Å². The summed E-state index contributed by atoms with van der Waals surface area (Å²) in [4.78, 5) is 19.8. The zero-order valence-electron chi connectivity index (χ0n) is 17.5. The summed E-state index contributed by atoms with van der Waals surface area (Å²) in [6.45, 7) is 1.77. The molecule has 3 aromatic carbocycles. The molecule has 1 aliphatic rings. The van der Waals surface area contributed by atoms with Crippen LogP contribution in [0.25, 0.3) is 10.2 Å². The number of hydrogen-bond acceptors (Lipinski definition) is 4. The summed E-state index contributed by atoms with van der Waals surface area (Å²) < 4.78 is 20.1. The highest BCUT2D eigenvalue weighted by Crippen LogP contribution is 2.34. The van der Waals surface area contributed by atoms with E-state index >= 15 is 0 Å². The van der Waals surface area contributed by atoms with E-state index in [0.29, 0.717) is 23.8 Å². The lowest BCUT2D eigenvalue weighted by molar-refractivity contribution is 0.0712. The normalized spacial score (nSPS) is 14.6. The Morgan fingerprint density at radius 3 is 2.59 bits per heavy atom. The minimum absolute atomic E-state index is 0.0278. The van der Waals surface area contributed by atoms with Crippen molar-refractivity contribution in [1.29, 1.82) is 0 Å². The number of hydrogen-bond donors (Lipinski definition) is 0. The molecule has 0 N–H and O–H groups in total. The van der Waals surface area contributed by atoms with Gasteiger partial charge in [0, 0.05) is 24.6 Å². The highest BCUT2D eigenvalue weighted by molar-refractivity contribution is 7.18. The number of halogens is 1. The van der Waals surface area contributed by atoms with Crippen LogP contribution in [-0.2, 0) is 6.61 Å². The van der Waals surface area contributed by atoms with Crippen LogP contribution in [0, 0.1) is 5.82 Å². The number of aromatic nitrogens is 1. The Morgan fingerprint density at radius 1 is 1.03 bits per heavy atom. The molecule has 0 bridgehead atoms. The zero-order valence-corrected chi connectivity index (χ0v) is 18.4. The van der Waals surface area contributed by atoms with Gasteiger partial charge in [-0.1, -0.05) is 30.3 Å². The van der Waals surface area contributed by atoms with E-state index in [0.717, 1.165) is 37.0 Å². The molecule has 1 amide bonds. The Morgan fingerprint density at radius 2 is 1.81 bits per heavy atom. The van der Waals surface area contributed by atoms with Gasteiger partial charge in [0.1, 0.15) is 18.2 Å². The molecule has 0 atom stereocenters. The van der Waals surface area contributed by atoms with Gasteiger partial charge in [-0.3, -0.25) is 4.79 Å². The van der Waals surface area contributed by atoms with E-state index in [-0.39, 0.29) is 11.7 Å². The maximum absolute atomic E-state index is 13.1. The molecule has 32 heavy (non-hydrogen) atoms. The average molecular weight is 447 g/mol. The third kappa shape index (κ3) is 4.50. The smallest absolute Gasteiger partial charge is 0.253 e. The fourth-order valence-electron chi connectivity index (χ4n) is 4.04. The standard InChI is InChI=1S/C26H23FN2O2S/c27-21-10-8-18(9-11-21)17-31-22-5-3-4-20(16-22)26(30)29-14-12-19(13-15-29)25-28-23-6-1-2-7-24(23)32-25/h1-11,16,19H,12-15,17H2. The molecule has 2 heterocycles. The summed E-state index contributed by atoms with van der Waals surface area (Å²) in [6, 6.07) is 21.7. The Balaban J connectivity index is 1.20. The molecule has 1 aliphatic heterocycles. The molecule has 5 rings (SSSR count). The molecule has 0 spiro atoms. The summed E-state index contributed by atoms with van der Waals surface area (Å²) in [5.41, 5.74) is 2.56. The van der Waals surface area contributed by atoms with Crippen LogP contribution in [0.15, 0.2) is 72.8 Å². The summed E-state index contributed by atoms with van der Waals surface area (Å²) in [5.74, 6) is 0.791. The molecule has 4 aromatic rings. The number of fused-ring (bicyclic) bond motifs is 1. The monoisotopic (exact) mass is 446 g/mol. The number of rotatable bonds is 5. The third-order valence-electron chi connectivity index (χ3n) is 5.84. The molecule has 6 heteroatoms. The summed E-state index contributed by atoms with van der Waals surface area (Å²) in [7, 11) is 0. The highest BCUT2D eigenvalue weighted by atomic mass is 32.1. The number of carbonyl (C=O) groups excluding carboxylic acids is 1. The van der Waals surface area contributed by atoms with Gasteiger partial charge in [-0.25, -0.2) is 9.37 Å². The fraction of sp³-hybridized carbons (Fsp3) is 0.231. The SMILES string of the molecule is O=C(c1cccc(OCc2ccc(F)cc2)c1)N1CCC(c2nc3ccccc3s2)CC1. The predicted molar refractivity (Wildman–Crippen MR) is 125 cm³/mol. The van der Waals surface area contributed by atoms with Crippen molar-refractivity contribution >= 4 is 27.5 Å². The second kappa shape index (κ2) is 9.09. The molecule has 162 valence electrons. The van der Waals surface area contributed by atoms with E-state index in [9.17, 15) is 9.18 Å². The van der Waals surface area contributed by atoms with Gasteiger partial charge in [0.05, 0.1) is 15.2 Å². The van der Waals surface area contributed by atoms with Crippen molar-refractivity contribution in [3.8, 4) is 5.75 Å². The summed E-state index contributed by atoms with van der Waals surface area (Å²) in [5, 5.41) is 1.18. The van der Waals surface area contributed by atoms with Crippen LogP contribution >= 0.6 is 11.3 Å². The first-order chi connectivity index (χ1) is 15.7. The molecule has 4 nitrogen and oxygen atoms in total. The lowest BCUT2D eigenvalue weighted by Crippen LogP contribution is -2.37. The molecule has 1 saturated heterocycles. The van der Waals surface area contributed by atoms with Gasteiger partial charge >= 0.3 is 0 Å². The maximum Gasteiger partial charge on any atom is 0.253 e. The van der Waals surface area contributed by atoms with Crippen LogP contribution < -0.4 is 4.74 Å². The second-order valence-corrected chi connectivity index (χ2v) is 9.09. The second-order valence-electron chi connectivity index (χ2n) is 8.03. The minimum Gasteiger partial charge on any atom is -0.489 e. The van der Waals surface area contributed by atoms with Crippen LogP contribution in [0.4, 0.5) is 4.39 Å². The molecule has 0 aliphatic carbocycles. The average Bonchev–Trinajstić information content (AvgIpc) is 3.28. The number of para-hydroxylation sites is 1. The van der Waals surface area contributed by atoms with Gasteiger partial charge in [-0.05, 0) is 60.9 Å². The first-order valence-electron chi connectivity index (χ1n) is 10.8. The maximum atomic E-state index is 13.1. The van der Waals surface area contributed by atoms with Gasteiger partial charge < -0.3 is 9.64 Å². The van der Waals surface area contributed by atoms with Crippen molar-refractivity contribution in [3.63, 3.8) is 0 Å². The Bertz CT molecular complexity index is 1200. The van der Waals surface area contributed by atoms with E-state index in [4.69, 9.17) is 9.72 Å². The van der Waals surface area contributed by atoms with E-state index in [1.807, 2.05) is 35.2 Å². The quantitative estimate of drug-likeness (QED) is 0.376. The first kappa shape index (κ1) is 20.6. The largest absolute Gasteiger partial charge is 0.489 e.